The summed E-state index contributed by atoms with van der Waals surface area (Å²) >= 11 is -1.21. The molecule has 1 fully saturated rings. The number of amides is 1. The minimum absolute atomic E-state index is 0.00956. The first-order valence-corrected chi connectivity index (χ1v) is 11.3. The van der Waals surface area contributed by atoms with Crippen LogP contribution in [0, 0.1) is 0 Å². The van der Waals surface area contributed by atoms with Crippen LogP contribution in [0.15, 0.2) is 88.4 Å². The number of hydrogen-bond donors (Lipinski definition) is 2. The summed E-state index contributed by atoms with van der Waals surface area (Å²) in [6.45, 7) is 0. The molecule has 1 atom stereocenters. The molecule has 1 heterocycles. The zero-order valence-electron chi connectivity index (χ0n) is 17.1. The Morgan fingerprint density at radius 2 is 1.81 bits per heavy atom. The standard InChI is InChI=1S/C25H22N2O3S/c1-26-31(29)22-9-6-17(7-10-22)19-3-2-4-21(15-19)27-24(28)25(12-13-25)20-8-5-18-11-14-30-23(18)16-20/h2-11,14-16,26H,12-13H2,1H3,(H,27,28). The lowest BCUT2D eigenvalue weighted by atomic mass is 9.94. The maximum Gasteiger partial charge on any atom is 0.235 e. The SMILES string of the molecule is CN[S+]([O-])c1ccc(-c2cccc(NC(=O)C3(c4ccc5ccoc5c4)CC3)c2)cc1. The Morgan fingerprint density at radius 3 is 2.55 bits per heavy atom. The van der Waals surface area contributed by atoms with Crippen molar-refractivity contribution < 1.29 is 13.8 Å². The lowest BCUT2D eigenvalue weighted by Crippen LogP contribution is -2.27. The molecular formula is C25H22N2O3S. The van der Waals surface area contributed by atoms with E-state index >= 15 is 0 Å². The normalized spacial score (nSPS) is 15.5. The van der Waals surface area contributed by atoms with E-state index in [1.54, 1.807) is 13.3 Å². The fourth-order valence-electron chi connectivity index (χ4n) is 3.94. The quantitative estimate of drug-likeness (QED) is 0.422. The second kappa shape index (κ2) is 7.89. The second-order valence-electron chi connectivity index (χ2n) is 7.79. The number of carbonyl (C=O) groups is 1. The average molecular weight is 431 g/mol. The molecule has 0 saturated heterocycles. The molecule has 2 N–H and O–H groups in total. The highest BCUT2D eigenvalue weighted by Crippen LogP contribution is 2.49. The summed E-state index contributed by atoms with van der Waals surface area (Å²) in [4.78, 5) is 13.9. The van der Waals surface area contributed by atoms with Crippen LogP contribution in [0.4, 0.5) is 5.69 Å². The molecule has 4 aromatic rings. The molecule has 1 aromatic heterocycles. The van der Waals surface area contributed by atoms with Gasteiger partial charge >= 0.3 is 0 Å². The van der Waals surface area contributed by atoms with E-state index in [-0.39, 0.29) is 5.91 Å². The fourth-order valence-corrected chi connectivity index (χ4v) is 4.56. The zero-order chi connectivity index (χ0) is 21.4. The number of rotatable bonds is 6. The third kappa shape index (κ3) is 3.74. The van der Waals surface area contributed by atoms with E-state index in [9.17, 15) is 9.35 Å². The summed E-state index contributed by atoms with van der Waals surface area (Å²) in [7, 11) is 1.66. The van der Waals surface area contributed by atoms with E-state index < -0.39 is 16.8 Å². The summed E-state index contributed by atoms with van der Waals surface area (Å²) in [5.41, 5.74) is 4.06. The van der Waals surface area contributed by atoms with Crippen LogP contribution >= 0.6 is 0 Å². The molecule has 0 bridgehead atoms. The van der Waals surface area contributed by atoms with Crippen LogP contribution in [0.25, 0.3) is 22.1 Å². The zero-order valence-corrected chi connectivity index (χ0v) is 17.9. The molecule has 1 unspecified atom stereocenters. The Kier molecular flexibility index (Phi) is 5.06. The molecule has 1 amide bonds. The van der Waals surface area contributed by atoms with Crippen molar-refractivity contribution in [3.8, 4) is 11.1 Å². The number of hydrogen-bond acceptors (Lipinski definition) is 4. The molecule has 1 saturated carbocycles. The van der Waals surface area contributed by atoms with E-state index in [2.05, 4.69) is 10.0 Å². The van der Waals surface area contributed by atoms with Gasteiger partial charge in [0.05, 0.1) is 23.0 Å². The summed E-state index contributed by atoms with van der Waals surface area (Å²) in [6.07, 6.45) is 3.33. The van der Waals surface area contributed by atoms with Gasteiger partial charge in [0.2, 0.25) is 5.91 Å². The van der Waals surface area contributed by atoms with E-state index in [0.717, 1.165) is 51.1 Å². The van der Waals surface area contributed by atoms with Gasteiger partial charge in [0.15, 0.2) is 4.90 Å². The van der Waals surface area contributed by atoms with Crippen LogP contribution in [0.2, 0.25) is 0 Å². The topological polar surface area (TPSA) is 77.3 Å². The predicted molar refractivity (Wildman–Crippen MR) is 123 cm³/mol. The monoisotopic (exact) mass is 430 g/mol. The van der Waals surface area contributed by atoms with Crippen molar-refractivity contribution in [3.05, 3.63) is 84.6 Å². The lowest BCUT2D eigenvalue weighted by Gasteiger charge is -2.16. The largest absolute Gasteiger partial charge is 0.593 e. The molecule has 5 nitrogen and oxygen atoms in total. The van der Waals surface area contributed by atoms with Crippen LogP contribution < -0.4 is 10.0 Å². The van der Waals surface area contributed by atoms with Crippen LogP contribution in [0.5, 0.6) is 0 Å². The maximum atomic E-state index is 13.2. The number of nitrogens with one attached hydrogen (secondary N) is 2. The Balaban J connectivity index is 1.36. The van der Waals surface area contributed by atoms with Gasteiger partial charge in [0.1, 0.15) is 5.58 Å². The first-order valence-electron chi connectivity index (χ1n) is 10.2. The molecule has 156 valence electrons. The van der Waals surface area contributed by atoms with Crippen LogP contribution in [-0.2, 0) is 21.6 Å². The van der Waals surface area contributed by atoms with E-state index in [1.807, 2.05) is 72.8 Å². The summed E-state index contributed by atoms with van der Waals surface area (Å²) in [6, 6.07) is 23.3. The van der Waals surface area contributed by atoms with Gasteiger partial charge < -0.3 is 14.3 Å². The van der Waals surface area contributed by atoms with Gasteiger partial charge in [-0.2, -0.15) is 0 Å². The van der Waals surface area contributed by atoms with E-state index in [0.29, 0.717) is 0 Å². The molecule has 0 radical (unpaired) electrons. The Labute approximate surface area is 183 Å². The number of benzene rings is 3. The van der Waals surface area contributed by atoms with Crippen molar-refractivity contribution in [2.24, 2.45) is 0 Å². The Morgan fingerprint density at radius 1 is 1.00 bits per heavy atom. The predicted octanol–water partition coefficient (Wildman–Crippen LogP) is 5.01. The smallest absolute Gasteiger partial charge is 0.235 e. The molecule has 0 aliphatic heterocycles. The number of anilines is 1. The summed E-state index contributed by atoms with van der Waals surface area (Å²) in [5, 5.41) is 4.14. The van der Waals surface area contributed by atoms with Crippen molar-refractivity contribution >= 4 is 33.9 Å². The first kappa shape index (κ1) is 19.9. The third-order valence-corrected chi connectivity index (χ3v) is 6.97. The van der Waals surface area contributed by atoms with Crippen molar-refractivity contribution in [2.45, 2.75) is 23.2 Å². The number of carbonyl (C=O) groups excluding carboxylic acids is 1. The van der Waals surface area contributed by atoms with Gasteiger partial charge in [-0.25, -0.2) is 0 Å². The number of furan rings is 1. The molecule has 31 heavy (non-hydrogen) atoms. The second-order valence-corrected chi connectivity index (χ2v) is 9.20. The Hall–Kier alpha value is -3.06. The van der Waals surface area contributed by atoms with E-state index in [1.165, 1.54) is 0 Å². The molecule has 1 aliphatic rings. The molecular weight excluding hydrogens is 408 g/mol. The molecule has 5 rings (SSSR count). The van der Waals surface area contributed by atoms with Gasteiger partial charge in [-0.15, -0.1) is 4.72 Å². The highest BCUT2D eigenvalue weighted by Gasteiger charge is 2.51. The van der Waals surface area contributed by atoms with E-state index in [4.69, 9.17) is 4.42 Å². The van der Waals surface area contributed by atoms with Gasteiger partial charge in [-0.1, -0.05) is 24.3 Å². The molecule has 0 spiro atoms. The first-order chi connectivity index (χ1) is 15.1. The summed E-state index contributed by atoms with van der Waals surface area (Å²) < 4.78 is 20.1. The highest BCUT2D eigenvalue weighted by atomic mass is 32.2. The van der Waals surface area contributed by atoms with Gasteiger partial charge in [0.25, 0.3) is 0 Å². The summed E-state index contributed by atoms with van der Waals surface area (Å²) in [5.74, 6) is 0.00956. The maximum absolute atomic E-state index is 13.2. The fraction of sp³-hybridized carbons (Fsp3) is 0.160. The minimum atomic E-state index is -1.21. The highest BCUT2D eigenvalue weighted by molar-refractivity contribution is 7.89. The van der Waals surface area contributed by atoms with Crippen molar-refractivity contribution in [3.63, 3.8) is 0 Å². The average Bonchev–Trinajstić information content (AvgIpc) is 3.49. The van der Waals surface area contributed by atoms with Crippen molar-refractivity contribution in [1.29, 1.82) is 0 Å². The van der Waals surface area contributed by atoms with Gasteiger partial charge in [-0.3, -0.25) is 4.79 Å². The number of fused-ring (bicyclic) bond motifs is 1. The molecule has 6 heteroatoms. The van der Waals surface area contributed by atoms with Crippen LogP contribution in [-0.4, -0.2) is 17.5 Å². The molecule has 3 aromatic carbocycles. The minimum Gasteiger partial charge on any atom is -0.593 e. The van der Waals surface area contributed by atoms with Gasteiger partial charge in [-0.05, 0) is 78.1 Å². The van der Waals surface area contributed by atoms with Crippen molar-refractivity contribution in [1.82, 2.24) is 4.72 Å². The lowest BCUT2D eigenvalue weighted by molar-refractivity contribution is -0.118. The third-order valence-electron chi connectivity index (χ3n) is 5.90. The van der Waals surface area contributed by atoms with Gasteiger partial charge in [0, 0.05) is 18.1 Å². The van der Waals surface area contributed by atoms with Crippen LogP contribution in [0.1, 0.15) is 18.4 Å². The van der Waals surface area contributed by atoms with Crippen LogP contribution in [0.3, 0.4) is 0 Å². The van der Waals surface area contributed by atoms with Crippen molar-refractivity contribution in [2.75, 3.05) is 12.4 Å². The molecule has 1 aliphatic carbocycles. The Bertz CT molecular complexity index is 1250.